The van der Waals surface area contributed by atoms with Gasteiger partial charge in [-0.3, -0.25) is 4.68 Å². The predicted octanol–water partition coefficient (Wildman–Crippen LogP) is -0.171. The zero-order valence-electron chi connectivity index (χ0n) is 11.0. The monoisotopic (exact) mass is 249 g/mol. The molecule has 0 saturated carbocycles. The largest absolute Gasteiger partial charge is 0.361 e. The first kappa shape index (κ1) is 11.7. The Balaban J connectivity index is 2.06. The lowest BCUT2D eigenvalue weighted by Crippen LogP contribution is -2.34. The minimum atomic E-state index is -0.0932. The highest BCUT2D eigenvalue weighted by molar-refractivity contribution is 5.70. The summed E-state index contributed by atoms with van der Waals surface area (Å²) in [5.74, 6) is 0. The third-order valence-electron chi connectivity index (χ3n) is 3.52. The lowest BCUT2D eigenvalue weighted by Gasteiger charge is -2.17. The molecule has 1 aromatic heterocycles. The fraction of sp³-hybridized carbons (Fsp3) is 0.583. The summed E-state index contributed by atoms with van der Waals surface area (Å²) in [7, 11) is 5.69. The molecule has 6 nitrogen and oxygen atoms in total. The minimum absolute atomic E-state index is 0.0932. The van der Waals surface area contributed by atoms with Crippen LogP contribution in [0.15, 0.2) is 6.20 Å². The van der Waals surface area contributed by atoms with Gasteiger partial charge in [-0.15, -0.1) is 0 Å². The second kappa shape index (κ2) is 4.38. The summed E-state index contributed by atoms with van der Waals surface area (Å²) < 4.78 is 7.45. The van der Waals surface area contributed by atoms with Crippen LogP contribution in [-0.4, -0.2) is 41.7 Å². The predicted molar refractivity (Wildman–Crippen MR) is 68.3 cm³/mol. The van der Waals surface area contributed by atoms with E-state index in [1.807, 2.05) is 23.8 Å². The van der Waals surface area contributed by atoms with E-state index in [1.54, 1.807) is 7.11 Å². The van der Waals surface area contributed by atoms with Crippen molar-refractivity contribution < 1.29 is 4.74 Å². The van der Waals surface area contributed by atoms with Crippen molar-refractivity contribution in [2.45, 2.75) is 19.2 Å². The maximum atomic E-state index is 5.49. The highest BCUT2D eigenvalue weighted by Crippen LogP contribution is 2.29. The molecule has 2 N–H and O–H groups in total. The molecule has 3 heterocycles. The van der Waals surface area contributed by atoms with E-state index in [-0.39, 0.29) is 6.23 Å². The minimum Gasteiger partial charge on any atom is -0.361 e. The van der Waals surface area contributed by atoms with E-state index < -0.39 is 0 Å². The number of rotatable bonds is 2. The molecular weight excluding hydrogens is 230 g/mol. The standard InChI is InChI=1S/C12H19N5O/c1-16-7-9(12(15-16)18-3)11-8-4-5-13-6-10(8)14-17(11)2/h7,12-13,15H,4-6H2,1-3H3. The van der Waals surface area contributed by atoms with Crippen molar-refractivity contribution >= 4 is 5.57 Å². The first-order chi connectivity index (χ1) is 8.70. The van der Waals surface area contributed by atoms with E-state index in [0.717, 1.165) is 30.8 Å². The molecule has 0 aromatic carbocycles. The molecule has 1 unspecified atom stereocenters. The van der Waals surface area contributed by atoms with Crippen LogP contribution in [0.5, 0.6) is 0 Å². The molecule has 0 fully saturated rings. The lowest BCUT2D eigenvalue weighted by molar-refractivity contribution is 0.0853. The number of nitrogens with one attached hydrogen (secondary N) is 2. The molecule has 0 saturated heterocycles. The Morgan fingerprint density at radius 1 is 1.44 bits per heavy atom. The summed E-state index contributed by atoms with van der Waals surface area (Å²) in [5, 5.41) is 9.89. The summed E-state index contributed by atoms with van der Waals surface area (Å²) in [6.45, 7) is 1.87. The average Bonchev–Trinajstić information content (AvgIpc) is 2.87. The number of hydrogen-bond acceptors (Lipinski definition) is 5. The number of methoxy groups -OCH3 is 1. The summed E-state index contributed by atoms with van der Waals surface area (Å²) in [5.41, 5.74) is 8.08. The van der Waals surface area contributed by atoms with Gasteiger partial charge in [0.2, 0.25) is 0 Å². The Bertz CT molecular complexity index is 493. The zero-order valence-corrected chi connectivity index (χ0v) is 11.0. The first-order valence-electron chi connectivity index (χ1n) is 6.20. The fourth-order valence-electron chi connectivity index (χ4n) is 2.74. The molecule has 0 aliphatic carbocycles. The van der Waals surface area contributed by atoms with Crippen LogP contribution in [0, 0.1) is 0 Å². The van der Waals surface area contributed by atoms with Crippen LogP contribution in [0.2, 0.25) is 0 Å². The molecule has 6 heteroatoms. The quantitative estimate of drug-likeness (QED) is 0.762. The number of hydrogen-bond donors (Lipinski definition) is 2. The number of aromatic nitrogens is 2. The van der Waals surface area contributed by atoms with Crippen molar-refractivity contribution in [2.75, 3.05) is 20.7 Å². The van der Waals surface area contributed by atoms with Gasteiger partial charge in [0.15, 0.2) is 6.23 Å². The molecule has 1 aromatic rings. The van der Waals surface area contributed by atoms with Crippen LogP contribution in [0.1, 0.15) is 17.0 Å². The molecule has 2 aliphatic heterocycles. The molecule has 0 spiro atoms. The number of hydrazine groups is 1. The van der Waals surface area contributed by atoms with Crippen molar-refractivity contribution in [1.82, 2.24) is 25.5 Å². The number of nitrogens with zero attached hydrogens (tertiary/aromatic N) is 3. The Hall–Kier alpha value is -1.37. The van der Waals surface area contributed by atoms with Gasteiger partial charge in [0.25, 0.3) is 0 Å². The van der Waals surface area contributed by atoms with Crippen molar-refractivity contribution in [2.24, 2.45) is 7.05 Å². The van der Waals surface area contributed by atoms with Gasteiger partial charge in [-0.05, 0) is 13.0 Å². The molecule has 0 radical (unpaired) electrons. The van der Waals surface area contributed by atoms with Crippen LogP contribution in [0.4, 0.5) is 0 Å². The number of ether oxygens (including phenoxy) is 1. The maximum absolute atomic E-state index is 5.49. The van der Waals surface area contributed by atoms with Crippen LogP contribution in [-0.2, 0) is 24.8 Å². The van der Waals surface area contributed by atoms with Crippen LogP contribution in [0.3, 0.4) is 0 Å². The summed E-state index contributed by atoms with van der Waals surface area (Å²) in [6.07, 6.45) is 3.01. The fourth-order valence-corrected chi connectivity index (χ4v) is 2.74. The smallest absolute Gasteiger partial charge is 0.153 e. The zero-order chi connectivity index (χ0) is 12.7. The van der Waals surface area contributed by atoms with E-state index in [2.05, 4.69) is 22.0 Å². The van der Waals surface area contributed by atoms with Gasteiger partial charge in [-0.2, -0.15) is 5.10 Å². The summed E-state index contributed by atoms with van der Waals surface area (Å²) in [4.78, 5) is 0. The first-order valence-corrected chi connectivity index (χ1v) is 6.20. The molecule has 18 heavy (non-hydrogen) atoms. The second-order valence-electron chi connectivity index (χ2n) is 4.76. The molecule has 0 bridgehead atoms. The molecule has 98 valence electrons. The maximum Gasteiger partial charge on any atom is 0.153 e. The van der Waals surface area contributed by atoms with Gasteiger partial charge in [0, 0.05) is 45.1 Å². The Labute approximate surface area is 107 Å². The summed E-state index contributed by atoms with van der Waals surface area (Å²) in [6, 6.07) is 0. The van der Waals surface area contributed by atoms with E-state index >= 15 is 0 Å². The van der Waals surface area contributed by atoms with E-state index in [1.165, 1.54) is 11.3 Å². The Morgan fingerprint density at radius 2 is 2.28 bits per heavy atom. The van der Waals surface area contributed by atoms with E-state index in [4.69, 9.17) is 4.74 Å². The molecular formula is C12H19N5O. The normalized spacial score (nSPS) is 23.2. The Morgan fingerprint density at radius 3 is 3.06 bits per heavy atom. The van der Waals surface area contributed by atoms with Crippen LogP contribution in [0.25, 0.3) is 5.57 Å². The van der Waals surface area contributed by atoms with Crippen molar-refractivity contribution in [3.63, 3.8) is 0 Å². The van der Waals surface area contributed by atoms with Crippen molar-refractivity contribution in [3.8, 4) is 0 Å². The highest BCUT2D eigenvalue weighted by atomic mass is 16.5. The van der Waals surface area contributed by atoms with Crippen molar-refractivity contribution in [1.29, 1.82) is 0 Å². The SMILES string of the molecule is COC1NN(C)C=C1c1c2c(nn1C)CNCC2. The Kier molecular flexibility index (Phi) is 2.85. The summed E-state index contributed by atoms with van der Waals surface area (Å²) >= 11 is 0. The van der Waals surface area contributed by atoms with Crippen LogP contribution >= 0.6 is 0 Å². The number of fused-ring (bicyclic) bond motifs is 1. The van der Waals surface area contributed by atoms with Gasteiger partial charge >= 0.3 is 0 Å². The second-order valence-corrected chi connectivity index (χ2v) is 4.76. The molecule has 3 rings (SSSR count). The third-order valence-corrected chi connectivity index (χ3v) is 3.52. The van der Waals surface area contributed by atoms with Crippen molar-refractivity contribution in [3.05, 3.63) is 23.2 Å². The third kappa shape index (κ3) is 1.73. The van der Waals surface area contributed by atoms with Gasteiger partial charge < -0.3 is 15.1 Å². The molecule has 0 amide bonds. The average molecular weight is 249 g/mol. The van der Waals surface area contributed by atoms with Gasteiger partial charge in [0.05, 0.1) is 11.4 Å². The van der Waals surface area contributed by atoms with Gasteiger partial charge in [0.1, 0.15) is 0 Å². The van der Waals surface area contributed by atoms with Gasteiger partial charge in [-0.1, -0.05) is 0 Å². The lowest BCUT2D eigenvalue weighted by atomic mass is 10.0. The van der Waals surface area contributed by atoms with Crippen LogP contribution < -0.4 is 10.7 Å². The van der Waals surface area contributed by atoms with Gasteiger partial charge in [-0.25, -0.2) is 5.43 Å². The molecule has 1 atom stereocenters. The topological polar surface area (TPSA) is 54.4 Å². The van der Waals surface area contributed by atoms with E-state index in [0.29, 0.717) is 0 Å². The highest BCUT2D eigenvalue weighted by Gasteiger charge is 2.29. The van der Waals surface area contributed by atoms with E-state index in [9.17, 15) is 0 Å². The molecule has 2 aliphatic rings. The number of aryl methyl sites for hydroxylation is 1.